The molecule has 1 amide bonds. The number of para-hydroxylation sites is 1. The molecule has 31 heavy (non-hydrogen) atoms. The molecule has 0 aliphatic rings. The number of nitrogens with zero attached hydrogens (tertiary/aromatic N) is 2. The summed E-state index contributed by atoms with van der Waals surface area (Å²) in [6.07, 6.45) is -9.19. The van der Waals surface area contributed by atoms with Crippen LogP contribution in [0, 0.1) is 0 Å². The van der Waals surface area contributed by atoms with Gasteiger partial charge in [0.05, 0.1) is 17.4 Å². The molecule has 3 aromatic rings. The Morgan fingerprint density at radius 2 is 1.68 bits per heavy atom. The number of hydrogen-bond acceptors (Lipinski definition) is 3. The van der Waals surface area contributed by atoms with Crippen LogP contribution in [-0.4, -0.2) is 22.1 Å². The van der Waals surface area contributed by atoms with E-state index in [2.05, 4.69) is 15.2 Å². The topological polar surface area (TPSA) is 56.1 Å². The highest BCUT2D eigenvalue weighted by Crippen LogP contribution is 2.34. The van der Waals surface area contributed by atoms with Gasteiger partial charge in [0, 0.05) is 17.1 Å². The zero-order chi connectivity index (χ0) is 22.8. The fraction of sp³-hybridized carbons (Fsp3) is 0.158. The maximum Gasteiger partial charge on any atom is 0.573 e. The van der Waals surface area contributed by atoms with Crippen LogP contribution < -0.4 is 10.1 Å². The van der Waals surface area contributed by atoms with Gasteiger partial charge in [0.2, 0.25) is 0 Å². The number of halogens is 7. The lowest BCUT2D eigenvalue weighted by molar-refractivity contribution is -0.274. The molecule has 0 atom stereocenters. The lowest BCUT2D eigenvalue weighted by Crippen LogP contribution is -2.27. The van der Waals surface area contributed by atoms with Crippen molar-refractivity contribution in [3.8, 4) is 11.4 Å². The molecule has 0 fully saturated rings. The first-order valence-electron chi connectivity index (χ1n) is 8.49. The molecule has 0 spiro atoms. The standard InChI is InChI=1S/C19H12ClF6N3O2/c20-12-5-7-13(8-6-12)29-16(18(21,22)23)14(10-28-29)17(30)27-9-11-3-1-2-4-15(11)31-19(24,25)26/h1-8,10H,9H2,(H,27,30). The van der Waals surface area contributed by atoms with Crippen molar-refractivity contribution in [3.05, 3.63) is 76.6 Å². The Hall–Kier alpha value is -3.21. The molecule has 2 aromatic carbocycles. The zero-order valence-electron chi connectivity index (χ0n) is 15.3. The Balaban J connectivity index is 1.87. The van der Waals surface area contributed by atoms with Crippen molar-refractivity contribution in [1.29, 1.82) is 0 Å². The Bertz CT molecular complexity index is 1080. The van der Waals surface area contributed by atoms with Crippen molar-refractivity contribution in [2.24, 2.45) is 0 Å². The molecule has 1 aromatic heterocycles. The predicted molar refractivity (Wildman–Crippen MR) is 97.9 cm³/mol. The van der Waals surface area contributed by atoms with Gasteiger partial charge in [-0.05, 0) is 30.3 Å². The number of carbonyl (C=O) groups excluding carboxylic acids is 1. The number of ether oxygens (including phenoxy) is 1. The van der Waals surface area contributed by atoms with Crippen molar-refractivity contribution < 1.29 is 35.9 Å². The van der Waals surface area contributed by atoms with Gasteiger partial charge in [-0.25, -0.2) is 4.68 Å². The quantitative estimate of drug-likeness (QED) is 0.517. The highest BCUT2D eigenvalue weighted by Gasteiger charge is 2.40. The third-order valence-electron chi connectivity index (χ3n) is 3.99. The van der Waals surface area contributed by atoms with Gasteiger partial charge in [-0.3, -0.25) is 4.79 Å². The van der Waals surface area contributed by atoms with Gasteiger partial charge >= 0.3 is 12.5 Å². The second kappa shape index (κ2) is 8.50. The van der Waals surface area contributed by atoms with Crippen LogP contribution in [0.4, 0.5) is 26.3 Å². The summed E-state index contributed by atoms with van der Waals surface area (Å²) in [6, 6.07) is 10.2. The molecule has 0 saturated carbocycles. The van der Waals surface area contributed by atoms with Crippen LogP contribution in [-0.2, 0) is 12.7 Å². The molecule has 1 heterocycles. The molecule has 1 N–H and O–H groups in total. The third kappa shape index (κ3) is 5.48. The first kappa shape index (κ1) is 22.5. The maximum absolute atomic E-state index is 13.7. The van der Waals surface area contributed by atoms with E-state index < -0.39 is 42.0 Å². The molecule has 0 unspecified atom stereocenters. The summed E-state index contributed by atoms with van der Waals surface area (Å²) in [5, 5.41) is 6.10. The maximum atomic E-state index is 13.7. The highest BCUT2D eigenvalue weighted by atomic mass is 35.5. The molecule has 0 bridgehead atoms. The zero-order valence-corrected chi connectivity index (χ0v) is 16.0. The molecule has 3 rings (SSSR count). The summed E-state index contributed by atoms with van der Waals surface area (Å²) in [5.41, 5.74) is -2.20. The van der Waals surface area contributed by atoms with Crippen LogP contribution in [0.25, 0.3) is 5.69 Å². The number of rotatable bonds is 5. The summed E-state index contributed by atoms with van der Waals surface area (Å²) in [4.78, 5) is 12.4. The van der Waals surface area contributed by atoms with E-state index >= 15 is 0 Å². The van der Waals surface area contributed by atoms with E-state index in [-0.39, 0.29) is 11.3 Å². The lowest BCUT2D eigenvalue weighted by atomic mass is 10.1. The Labute approximate surface area is 176 Å². The summed E-state index contributed by atoms with van der Waals surface area (Å²) < 4.78 is 82.9. The molecular weight excluding hydrogens is 452 g/mol. The summed E-state index contributed by atoms with van der Waals surface area (Å²) in [6.45, 7) is -0.505. The first-order chi connectivity index (χ1) is 14.5. The van der Waals surface area contributed by atoms with Crippen molar-refractivity contribution >= 4 is 17.5 Å². The highest BCUT2D eigenvalue weighted by molar-refractivity contribution is 6.30. The molecule has 0 saturated heterocycles. The number of hydrogen-bond donors (Lipinski definition) is 1. The van der Waals surface area contributed by atoms with Gasteiger partial charge in [0.1, 0.15) is 5.75 Å². The largest absolute Gasteiger partial charge is 0.573 e. The molecule has 12 heteroatoms. The van der Waals surface area contributed by atoms with Crippen LogP contribution in [0.3, 0.4) is 0 Å². The molecular formula is C19H12ClF6N3O2. The van der Waals surface area contributed by atoms with Gasteiger partial charge in [0.25, 0.3) is 5.91 Å². The Morgan fingerprint density at radius 1 is 1.03 bits per heavy atom. The number of aromatic nitrogens is 2. The predicted octanol–water partition coefficient (Wildman–Crippen LogP) is 5.37. The van der Waals surface area contributed by atoms with E-state index in [9.17, 15) is 31.1 Å². The van der Waals surface area contributed by atoms with Crippen molar-refractivity contribution in [2.75, 3.05) is 0 Å². The lowest BCUT2D eigenvalue weighted by Gasteiger charge is -2.15. The van der Waals surface area contributed by atoms with Gasteiger partial charge in [-0.15, -0.1) is 13.2 Å². The third-order valence-corrected chi connectivity index (χ3v) is 4.24. The van der Waals surface area contributed by atoms with E-state index in [1.54, 1.807) is 0 Å². The summed E-state index contributed by atoms with van der Waals surface area (Å²) >= 11 is 5.74. The number of amides is 1. The number of benzene rings is 2. The van der Waals surface area contributed by atoms with E-state index in [0.29, 0.717) is 9.70 Å². The van der Waals surface area contributed by atoms with E-state index in [1.807, 2.05) is 0 Å². The number of carbonyl (C=O) groups is 1. The second-order valence-electron chi connectivity index (χ2n) is 6.13. The second-order valence-corrected chi connectivity index (χ2v) is 6.57. The minimum Gasteiger partial charge on any atom is -0.405 e. The van der Waals surface area contributed by atoms with Gasteiger partial charge in [-0.1, -0.05) is 29.8 Å². The molecule has 5 nitrogen and oxygen atoms in total. The summed E-state index contributed by atoms with van der Waals surface area (Å²) in [5.74, 6) is -1.75. The van der Waals surface area contributed by atoms with Crippen LogP contribution in [0.15, 0.2) is 54.7 Å². The minimum atomic E-state index is -4.97. The van der Waals surface area contributed by atoms with Crippen LogP contribution in [0.2, 0.25) is 5.02 Å². The SMILES string of the molecule is O=C(NCc1ccccc1OC(F)(F)F)c1cnn(-c2ccc(Cl)cc2)c1C(F)(F)F. The van der Waals surface area contributed by atoms with Gasteiger partial charge in [0.15, 0.2) is 5.69 Å². The monoisotopic (exact) mass is 463 g/mol. The van der Waals surface area contributed by atoms with Gasteiger partial charge < -0.3 is 10.1 Å². The number of nitrogens with one attached hydrogen (secondary N) is 1. The Kier molecular flexibility index (Phi) is 6.16. The normalized spacial score (nSPS) is 12.0. The molecule has 0 aliphatic carbocycles. The van der Waals surface area contributed by atoms with Crippen LogP contribution in [0.1, 0.15) is 21.6 Å². The van der Waals surface area contributed by atoms with E-state index in [4.69, 9.17) is 11.6 Å². The van der Waals surface area contributed by atoms with Crippen molar-refractivity contribution in [1.82, 2.24) is 15.1 Å². The van der Waals surface area contributed by atoms with Crippen molar-refractivity contribution in [2.45, 2.75) is 19.1 Å². The van der Waals surface area contributed by atoms with E-state index in [1.165, 1.54) is 42.5 Å². The molecule has 0 aliphatic heterocycles. The fourth-order valence-electron chi connectivity index (χ4n) is 2.71. The van der Waals surface area contributed by atoms with E-state index in [0.717, 1.165) is 12.3 Å². The smallest absolute Gasteiger partial charge is 0.405 e. The minimum absolute atomic E-state index is 0.0136. The van der Waals surface area contributed by atoms with Crippen molar-refractivity contribution in [3.63, 3.8) is 0 Å². The average Bonchev–Trinajstić information content (AvgIpc) is 3.12. The number of alkyl halides is 6. The Morgan fingerprint density at radius 3 is 2.29 bits per heavy atom. The first-order valence-corrected chi connectivity index (χ1v) is 8.86. The fourth-order valence-corrected chi connectivity index (χ4v) is 2.84. The van der Waals surface area contributed by atoms with Gasteiger partial charge in [-0.2, -0.15) is 18.3 Å². The average molecular weight is 464 g/mol. The molecule has 164 valence electrons. The molecule has 0 radical (unpaired) electrons. The summed E-state index contributed by atoms with van der Waals surface area (Å²) in [7, 11) is 0. The van der Waals surface area contributed by atoms with Crippen LogP contribution in [0.5, 0.6) is 5.75 Å². The van der Waals surface area contributed by atoms with Crippen LogP contribution >= 0.6 is 11.6 Å².